The third kappa shape index (κ3) is 4.66. The molecule has 0 aliphatic carbocycles. The van der Waals surface area contributed by atoms with Crippen LogP contribution in [-0.2, 0) is 24.7 Å². The molecule has 46 heavy (non-hydrogen) atoms. The van der Waals surface area contributed by atoms with Crippen LogP contribution >= 0.6 is 0 Å². The first-order valence-corrected chi connectivity index (χ1v) is 11.8. The minimum atomic E-state index is -5.59. The number of hydrogen-bond acceptors (Lipinski definition) is 6. The van der Waals surface area contributed by atoms with E-state index >= 15 is 0 Å². The van der Waals surface area contributed by atoms with Gasteiger partial charge >= 0.3 is 24.7 Å². The maximum Gasteiger partial charge on any atom is 0.420 e. The molecule has 0 unspecified atom stereocenters. The number of halogens is 12. The number of furan rings is 2. The summed E-state index contributed by atoms with van der Waals surface area (Å²) in [6.45, 7) is 0. The van der Waals surface area contributed by atoms with Crippen LogP contribution in [0.4, 0.5) is 52.7 Å². The Morgan fingerprint density at radius 3 is 1.00 bits per heavy atom. The van der Waals surface area contributed by atoms with Crippen molar-refractivity contribution in [1.82, 2.24) is 0 Å². The van der Waals surface area contributed by atoms with Gasteiger partial charge in [-0.2, -0.15) is 73.7 Å². The van der Waals surface area contributed by atoms with Crippen molar-refractivity contribution in [2.75, 3.05) is 0 Å². The molecule has 2 aromatic heterocycles. The first-order chi connectivity index (χ1) is 21.2. The van der Waals surface area contributed by atoms with Crippen molar-refractivity contribution in [3.8, 4) is 24.3 Å². The van der Waals surface area contributed by atoms with Gasteiger partial charge < -0.3 is 8.83 Å². The second-order valence-corrected chi connectivity index (χ2v) is 9.35. The lowest BCUT2D eigenvalue weighted by Gasteiger charge is -2.12. The van der Waals surface area contributed by atoms with E-state index in [1.165, 1.54) is 24.3 Å². The molecule has 0 radical (unpaired) electrons. The summed E-state index contributed by atoms with van der Waals surface area (Å²) in [6.07, 6.45) is -22.1. The van der Waals surface area contributed by atoms with Crippen LogP contribution in [0.2, 0.25) is 0 Å². The maximum atomic E-state index is 14.1. The Balaban J connectivity index is 2.35. The molecule has 0 aliphatic heterocycles. The van der Waals surface area contributed by atoms with Crippen LogP contribution in [0.5, 0.6) is 0 Å². The van der Waals surface area contributed by atoms with E-state index in [-0.39, 0.29) is 24.3 Å². The number of hydrogen-bond donors (Lipinski definition) is 0. The molecule has 0 atom stereocenters. The molecular formula is C28H4F12N4O2. The van der Waals surface area contributed by atoms with Crippen LogP contribution in [0.1, 0.15) is 22.3 Å². The molecule has 5 rings (SSSR count). The predicted octanol–water partition coefficient (Wildman–Crippen LogP) is 7.96. The van der Waals surface area contributed by atoms with E-state index in [1.54, 1.807) is 0 Å². The lowest BCUT2D eigenvalue weighted by Crippen LogP contribution is -2.17. The van der Waals surface area contributed by atoms with Gasteiger partial charge in [-0.15, -0.1) is 0 Å². The Morgan fingerprint density at radius 2 is 0.761 bits per heavy atom. The van der Waals surface area contributed by atoms with E-state index < -0.39 is 112 Å². The van der Waals surface area contributed by atoms with Crippen molar-refractivity contribution >= 4 is 55.0 Å². The maximum absolute atomic E-state index is 14.1. The molecule has 0 saturated heterocycles. The number of nitrogens with zero attached hydrogens (tertiary/aromatic N) is 4. The van der Waals surface area contributed by atoms with E-state index in [9.17, 15) is 73.7 Å². The van der Waals surface area contributed by atoms with Crippen LogP contribution in [0, 0.1) is 45.3 Å². The molecule has 6 nitrogen and oxygen atoms in total. The number of alkyl halides is 12. The van der Waals surface area contributed by atoms with Gasteiger partial charge in [0, 0.05) is 21.5 Å². The van der Waals surface area contributed by atoms with Crippen molar-refractivity contribution in [1.29, 1.82) is 21.0 Å². The molecule has 5 aromatic rings. The molecular weight excluding hydrogens is 652 g/mol. The Kier molecular flexibility index (Phi) is 6.73. The van der Waals surface area contributed by atoms with Gasteiger partial charge in [0.05, 0.1) is 32.7 Å². The second-order valence-electron chi connectivity index (χ2n) is 9.35. The molecule has 0 aliphatic rings. The Bertz CT molecular complexity index is 2260. The molecule has 232 valence electrons. The zero-order chi connectivity index (χ0) is 34.3. The summed E-state index contributed by atoms with van der Waals surface area (Å²) in [5, 5.41) is 32.3. The molecule has 0 fully saturated rings. The van der Waals surface area contributed by atoms with Crippen molar-refractivity contribution < 1.29 is 61.5 Å². The highest BCUT2D eigenvalue weighted by Gasteiger charge is 2.42. The highest BCUT2D eigenvalue weighted by Crippen LogP contribution is 2.45. The van der Waals surface area contributed by atoms with E-state index in [4.69, 9.17) is 8.83 Å². The average molecular weight is 656 g/mol. The van der Waals surface area contributed by atoms with Crippen molar-refractivity contribution in [3.63, 3.8) is 0 Å². The minimum absolute atomic E-state index is 0.0892. The summed E-state index contributed by atoms with van der Waals surface area (Å²) in [4.78, 5) is 0. The Hall–Kier alpha value is -5.88. The van der Waals surface area contributed by atoms with Gasteiger partial charge in [-0.1, -0.05) is 0 Å². The number of rotatable bonds is 0. The molecule has 0 saturated carbocycles. The molecule has 0 spiro atoms. The zero-order valence-corrected chi connectivity index (χ0v) is 21.5. The van der Waals surface area contributed by atoms with Gasteiger partial charge in [-0.05, 0) is 24.3 Å². The topological polar surface area (TPSA) is 121 Å². The van der Waals surface area contributed by atoms with Crippen LogP contribution < -0.4 is 10.4 Å². The normalized spacial score (nSPS) is 12.7. The lowest BCUT2D eigenvalue weighted by atomic mass is 9.96. The van der Waals surface area contributed by atoms with Crippen molar-refractivity contribution in [2.45, 2.75) is 24.7 Å². The lowest BCUT2D eigenvalue weighted by molar-refractivity contribution is -0.144. The fourth-order valence-electron chi connectivity index (χ4n) is 4.97. The zero-order valence-electron chi connectivity index (χ0n) is 21.5. The molecule has 3 aromatic carbocycles. The highest BCUT2D eigenvalue weighted by atomic mass is 19.4. The van der Waals surface area contributed by atoms with Gasteiger partial charge in [0.2, 0.25) is 0 Å². The minimum Gasteiger partial charge on any atom is -0.455 e. The SMILES string of the molecule is N#CC(C#N)=c1c2oc3c(C(F)(F)F)cc(C(F)(F)F)cc3c2c(=C(C#N)C#N)c2oc3c(C(F)(F)F)cc(C(F)(F)F)cc3c12. The van der Waals surface area contributed by atoms with Crippen LogP contribution in [0.15, 0.2) is 33.1 Å². The molecule has 2 heterocycles. The van der Waals surface area contributed by atoms with E-state index in [0.29, 0.717) is 0 Å². The quantitative estimate of drug-likeness (QED) is 0.156. The number of nitriles is 4. The number of fused-ring (bicyclic) bond motifs is 6. The van der Waals surface area contributed by atoms with Crippen LogP contribution in [0.3, 0.4) is 0 Å². The van der Waals surface area contributed by atoms with E-state index in [2.05, 4.69) is 0 Å². The summed E-state index contributed by atoms with van der Waals surface area (Å²) in [5.41, 5.74) is -15.5. The summed E-state index contributed by atoms with van der Waals surface area (Å²) in [7, 11) is 0. The fraction of sp³-hybridized carbons (Fsp3) is 0.143. The van der Waals surface area contributed by atoms with Crippen molar-refractivity contribution in [3.05, 3.63) is 57.0 Å². The molecule has 0 N–H and O–H groups in total. The highest BCUT2D eigenvalue weighted by molar-refractivity contribution is 6.19. The standard InChI is InChI=1S/C28H4F12N4O2/c29-25(30,31)11-1-13-19-17(9(5-41)6-42)24-20(14-2-12(26(32,33)34)4-16(22(14)46-24)28(38,39)40)18(10(7-43)8-44)23(19)45-21(13)15(3-11)27(35,36)37/h1-4H. The monoisotopic (exact) mass is 656 g/mol. The van der Waals surface area contributed by atoms with Gasteiger partial charge in [0.15, 0.2) is 0 Å². The van der Waals surface area contributed by atoms with Gasteiger partial charge in [0.1, 0.15) is 57.8 Å². The first kappa shape index (κ1) is 31.5. The van der Waals surface area contributed by atoms with Crippen LogP contribution in [-0.4, -0.2) is 0 Å². The average Bonchev–Trinajstić information content (AvgIpc) is 3.50. The Morgan fingerprint density at radius 1 is 0.457 bits per heavy atom. The van der Waals surface area contributed by atoms with Gasteiger partial charge in [0.25, 0.3) is 0 Å². The summed E-state index contributed by atoms with van der Waals surface area (Å²) >= 11 is 0. The molecule has 0 bridgehead atoms. The van der Waals surface area contributed by atoms with E-state index in [1.807, 2.05) is 0 Å². The largest absolute Gasteiger partial charge is 0.455 e. The first-order valence-electron chi connectivity index (χ1n) is 11.8. The smallest absolute Gasteiger partial charge is 0.420 e. The van der Waals surface area contributed by atoms with Crippen molar-refractivity contribution in [2.24, 2.45) is 0 Å². The van der Waals surface area contributed by atoms with Crippen LogP contribution in [0.25, 0.3) is 55.0 Å². The summed E-state index contributed by atoms with van der Waals surface area (Å²) in [6, 6.07) is 4.54. The third-order valence-electron chi connectivity index (χ3n) is 6.75. The van der Waals surface area contributed by atoms with Gasteiger partial charge in [-0.3, -0.25) is 0 Å². The molecule has 0 amide bonds. The summed E-state index contributed by atoms with van der Waals surface area (Å²) in [5.74, 6) is 0. The summed E-state index contributed by atoms with van der Waals surface area (Å²) < 4.78 is 177. The van der Waals surface area contributed by atoms with Gasteiger partial charge in [-0.25, -0.2) is 0 Å². The Labute approximate surface area is 244 Å². The fourth-order valence-corrected chi connectivity index (χ4v) is 4.97. The second kappa shape index (κ2) is 9.81. The van der Waals surface area contributed by atoms with E-state index in [0.717, 1.165) is 0 Å². The predicted molar refractivity (Wildman–Crippen MR) is 130 cm³/mol. The third-order valence-corrected chi connectivity index (χ3v) is 6.75. The molecule has 18 heteroatoms. The number of benzene rings is 3.